The molecule has 35 heavy (non-hydrogen) atoms. The minimum absolute atomic E-state index is 0.0764. The molecule has 0 fully saturated rings. The van der Waals surface area contributed by atoms with E-state index >= 15 is 0 Å². The molecule has 0 saturated carbocycles. The summed E-state index contributed by atoms with van der Waals surface area (Å²) in [5.41, 5.74) is 5.62. The predicted molar refractivity (Wildman–Crippen MR) is 138 cm³/mol. The quantitative estimate of drug-likeness (QED) is 0.397. The smallest absolute Gasteiger partial charge is 0.250 e. The van der Waals surface area contributed by atoms with Gasteiger partial charge in [-0.15, -0.1) is 0 Å². The van der Waals surface area contributed by atoms with Gasteiger partial charge in [0.05, 0.1) is 23.2 Å². The van der Waals surface area contributed by atoms with Gasteiger partial charge in [0.25, 0.3) is 5.56 Å². The molecule has 0 radical (unpaired) electrons. The van der Waals surface area contributed by atoms with E-state index in [2.05, 4.69) is 0 Å². The zero-order valence-corrected chi connectivity index (χ0v) is 21.1. The Balaban J connectivity index is 1.95. The highest BCUT2D eigenvalue weighted by Crippen LogP contribution is 2.44. The average molecular weight is 471 g/mol. The number of aryl methyl sites for hydroxylation is 2. The van der Waals surface area contributed by atoms with E-state index in [4.69, 9.17) is 14.5 Å². The van der Waals surface area contributed by atoms with Gasteiger partial charge in [0.1, 0.15) is 11.9 Å². The highest BCUT2D eigenvalue weighted by molar-refractivity contribution is 6.08. The maximum atomic E-state index is 13.0. The number of pyridine rings is 2. The van der Waals surface area contributed by atoms with E-state index in [9.17, 15) is 9.59 Å². The highest BCUT2D eigenvalue weighted by Gasteiger charge is 2.31. The standard InChI is InChI=1S/C29H30N2O4/c1-16-15-21-19(8-10-23(33)31(21)6)26(24(16)28(17(2)32)35-29(3,4)5)20-7-9-22-25-18(12-14-34-22)11-13-30-27(20)25/h7-11,13,15,28H,12,14H2,1-6H3/t28-/m1/s1. The fourth-order valence-electron chi connectivity index (χ4n) is 5.09. The van der Waals surface area contributed by atoms with Crippen LogP contribution in [-0.4, -0.2) is 27.5 Å². The third-order valence-electron chi connectivity index (χ3n) is 6.62. The van der Waals surface area contributed by atoms with E-state index in [-0.39, 0.29) is 11.3 Å². The molecule has 6 heteroatoms. The second-order valence-corrected chi connectivity index (χ2v) is 10.3. The van der Waals surface area contributed by atoms with Gasteiger partial charge in [-0.05, 0) is 87.2 Å². The van der Waals surface area contributed by atoms with Gasteiger partial charge in [-0.2, -0.15) is 0 Å². The van der Waals surface area contributed by atoms with E-state index in [0.29, 0.717) is 6.61 Å². The molecule has 0 spiro atoms. The minimum Gasteiger partial charge on any atom is -0.493 e. The molecule has 180 valence electrons. The van der Waals surface area contributed by atoms with Crippen molar-refractivity contribution in [3.8, 4) is 16.9 Å². The lowest BCUT2D eigenvalue weighted by atomic mass is 9.85. The van der Waals surface area contributed by atoms with Crippen molar-refractivity contribution in [3.05, 3.63) is 69.6 Å². The number of ether oxygens (including phenoxy) is 2. The van der Waals surface area contributed by atoms with Crippen LogP contribution in [0.5, 0.6) is 5.75 Å². The summed E-state index contributed by atoms with van der Waals surface area (Å²) < 4.78 is 14.0. The summed E-state index contributed by atoms with van der Waals surface area (Å²) in [6.45, 7) is 10.0. The molecule has 0 amide bonds. The molecule has 0 N–H and O–H groups in total. The number of rotatable bonds is 4. The molecule has 2 aromatic heterocycles. The molecule has 5 rings (SSSR count). The van der Waals surface area contributed by atoms with Crippen molar-refractivity contribution < 1.29 is 14.3 Å². The molecule has 3 heterocycles. The highest BCUT2D eigenvalue weighted by atomic mass is 16.5. The maximum Gasteiger partial charge on any atom is 0.250 e. The van der Waals surface area contributed by atoms with Gasteiger partial charge >= 0.3 is 0 Å². The Morgan fingerprint density at radius 2 is 1.94 bits per heavy atom. The summed E-state index contributed by atoms with van der Waals surface area (Å²) in [4.78, 5) is 30.3. The summed E-state index contributed by atoms with van der Waals surface area (Å²) in [5.74, 6) is 0.741. The number of fused-ring (bicyclic) bond motifs is 1. The Morgan fingerprint density at radius 3 is 2.66 bits per heavy atom. The van der Waals surface area contributed by atoms with Crippen LogP contribution in [0.25, 0.3) is 32.9 Å². The SMILES string of the molecule is CC(=O)[C@@H](OC(C)(C)C)c1c(C)cc2c(ccc(=O)n2C)c1-c1ccc2c3c(ccnc13)CCO2. The first-order valence-electron chi connectivity index (χ1n) is 11.9. The van der Waals surface area contributed by atoms with Gasteiger partial charge in [-0.3, -0.25) is 14.6 Å². The van der Waals surface area contributed by atoms with Crippen LogP contribution >= 0.6 is 0 Å². The van der Waals surface area contributed by atoms with Crippen molar-refractivity contribution in [3.63, 3.8) is 0 Å². The van der Waals surface area contributed by atoms with E-state index in [0.717, 1.165) is 56.2 Å². The van der Waals surface area contributed by atoms with Gasteiger partial charge in [-0.25, -0.2) is 0 Å². The first-order chi connectivity index (χ1) is 16.6. The third kappa shape index (κ3) is 3.92. The molecule has 1 atom stereocenters. The Morgan fingerprint density at radius 1 is 1.17 bits per heavy atom. The summed E-state index contributed by atoms with van der Waals surface area (Å²) in [5, 5.41) is 1.87. The van der Waals surface area contributed by atoms with Crippen molar-refractivity contribution in [2.45, 2.75) is 52.7 Å². The average Bonchev–Trinajstić information content (AvgIpc) is 2.80. The minimum atomic E-state index is -0.770. The molecule has 2 aromatic carbocycles. The lowest BCUT2D eigenvalue weighted by Gasteiger charge is -2.30. The van der Waals surface area contributed by atoms with Crippen molar-refractivity contribution in [1.82, 2.24) is 9.55 Å². The second kappa shape index (κ2) is 8.31. The summed E-state index contributed by atoms with van der Waals surface area (Å²) in [7, 11) is 1.77. The molecular weight excluding hydrogens is 440 g/mol. The molecule has 1 aliphatic heterocycles. The molecular formula is C29H30N2O4. The molecule has 4 aromatic rings. The fraction of sp³-hybridized carbons (Fsp3) is 0.345. The molecule has 0 aliphatic carbocycles. The van der Waals surface area contributed by atoms with Gasteiger partial charge in [0.15, 0.2) is 5.78 Å². The predicted octanol–water partition coefficient (Wildman–Crippen LogP) is 5.44. The van der Waals surface area contributed by atoms with Crippen LogP contribution in [0.3, 0.4) is 0 Å². The monoisotopic (exact) mass is 470 g/mol. The van der Waals surface area contributed by atoms with Gasteiger partial charge in [0.2, 0.25) is 0 Å². The number of carbonyl (C=O) groups is 1. The molecule has 0 saturated heterocycles. The fourth-order valence-corrected chi connectivity index (χ4v) is 5.09. The molecule has 6 nitrogen and oxygen atoms in total. The van der Waals surface area contributed by atoms with Crippen molar-refractivity contribution in [1.29, 1.82) is 0 Å². The van der Waals surface area contributed by atoms with Crippen molar-refractivity contribution in [2.24, 2.45) is 7.05 Å². The zero-order valence-electron chi connectivity index (χ0n) is 21.1. The number of benzene rings is 2. The molecule has 1 aliphatic rings. The van der Waals surface area contributed by atoms with Crippen LogP contribution in [0.4, 0.5) is 0 Å². The van der Waals surface area contributed by atoms with Crippen LogP contribution in [0.2, 0.25) is 0 Å². The normalized spacial score (nSPS) is 14.2. The first kappa shape index (κ1) is 23.2. The Hall–Kier alpha value is -3.51. The number of hydrogen-bond donors (Lipinski definition) is 0. The number of hydrogen-bond acceptors (Lipinski definition) is 5. The largest absolute Gasteiger partial charge is 0.493 e. The maximum absolute atomic E-state index is 13.0. The summed E-state index contributed by atoms with van der Waals surface area (Å²) in [6, 6.07) is 11.4. The van der Waals surface area contributed by atoms with Crippen LogP contribution in [0.15, 0.2) is 47.4 Å². The van der Waals surface area contributed by atoms with E-state index < -0.39 is 11.7 Å². The third-order valence-corrected chi connectivity index (χ3v) is 6.62. The zero-order chi connectivity index (χ0) is 25.1. The Kier molecular flexibility index (Phi) is 5.52. The van der Waals surface area contributed by atoms with Crippen molar-refractivity contribution >= 4 is 27.6 Å². The number of aromatic nitrogens is 2. The molecule has 0 bridgehead atoms. The van der Waals surface area contributed by atoms with E-state index in [1.807, 2.05) is 64.2 Å². The van der Waals surface area contributed by atoms with E-state index in [1.54, 1.807) is 24.6 Å². The number of ketones is 1. The lowest BCUT2D eigenvalue weighted by molar-refractivity contribution is -0.138. The molecule has 0 unspecified atom stereocenters. The van der Waals surface area contributed by atoms with Gasteiger partial charge in [0, 0.05) is 42.1 Å². The van der Waals surface area contributed by atoms with Gasteiger partial charge in [-0.1, -0.05) is 0 Å². The van der Waals surface area contributed by atoms with Crippen LogP contribution in [-0.2, 0) is 23.0 Å². The summed E-state index contributed by atoms with van der Waals surface area (Å²) >= 11 is 0. The van der Waals surface area contributed by atoms with Gasteiger partial charge < -0.3 is 14.0 Å². The van der Waals surface area contributed by atoms with Crippen LogP contribution < -0.4 is 10.3 Å². The van der Waals surface area contributed by atoms with E-state index in [1.165, 1.54) is 5.56 Å². The second-order valence-electron chi connectivity index (χ2n) is 10.3. The summed E-state index contributed by atoms with van der Waals surface area (Å²) in [6.07, 6.45) is 1.88. The number of carbonyl (C=O) groups excluding carboxylic acids is 1. The topological polar surface area (TPSA) is 70.4 Å². The van der Waals surface area contributed by atoms with Crippen LogP contribution in [0.1, 0.15) is 50.5 Å². The number of nitrogens with zero attached hydrogens (tertiary/aromatic N) is 2. The first-order valence-corrected chi connectivity index (χ1v) is 11.9. The van der Waals surface area contributed by atoms with Crippen molar-refractivity contribution in [2.75, 3.05) is 6.61 Å². The van der Waals surface area contributed by atoms with Crippen LogP contribution in [0, 0.1) is 6.92 Å². The number of Topliss-reactive ketones (excluding diaryl/α,β-unsaturated/α-hetero) is 1. The lowest BCUT2D eigenvalue weighted by Crippen LogP contribution is -2.27. The Labute approximate surface area is 204 Å². The Bertz CT molecular complexity index is 1550.